The average Bonchev–Trinajstić information content (AvgIpc) is 3.35. The first-order valence-corrected chi connectivity index (χ1v) is 10.7. The number of carbonyl (C=O) groups excluding carboxylic acids is 1. The third-order valence-electron chi connectivity index (χ3n) is 5.38. The second-order valence-corrected chi connectivity index (χ2v) is 7.78. The molecule has 178 valence electrons. The molecule has 1 amide bonds. The second-order valence-electron chi connectivity index (χ2n) is 7.78. The second kappa shape index (κ2) is 10.2. The minimum atomic E-state index is -4.44. The summed E-state index contributed by atoms with van der Waals surface area (Å²) in [4.78, 5) is 20.6. The maximum atomic E-state index is 13.1. The molecule has 2 heterocycles. The van der Waals surface area contributed by atoms with Crippen LogP contribution in [0.4, 0.5) is 13.2 Å². The Morgan fingerprint density at radius 1 is 1.18 bits per heavy atom. The first-order valence-electron chi connectivity index (χ1n) is 10.7. The third-order valence-corrected chi connectivity index (χ3v) is 5.38. The van der Waals surface area contributed by atoms with Crippen LogP contribution >= 0.6 is 0 Å². The summed E-state index contributed by atoms with van der Waals surface area (Å²) in [5.74, 6) is -0.193. The molecule has 0 spiro atoms. The molecule has 0 unspecified atom stereocenters. The molecule has 1 atom stereocenters. The quantitative estimate of drug-likeness (QED) is 0.544. The van der Waals surface area contributed by atoms with Crippen LogP contribution < -0.4 is 15.8 Å². The van der Waals surface area contributed by atoms with Crippen molar-refractivity contribution in [3.8, 4) is 17.0 Å². The van der Waals surface area contributed by atoms with Gasteiger partial charge in [-0.25, -0.2) is 4.98 Å². The molecule has 1 saturated heterocycles. The zero-order valence-electron chi connectivity index (χ0n) is 18.1. The zero-order chi connectivity index (χ0) is 24.1. The van der Waals surface area contributed by atoms with Crippen LogP contribution in [-0.4, -0.2) is 35.2 Å². The minimum Gasteiger partial charge on any atom is -0.472 e. The number of carbonyl (C=O) groups is 1. The molecule has 4 rings (SSSR count). The van der Waals surface area contributed by atoms with E-state index in [0.29, 0.717) is 35.8 Å². The fourth-order valence-corrected chi connectivity index (χ4v) is 3.56. The Hall–Kier alpha value is -3.50. The molecule has 3 N–H and O–H groups in total. The lowest BCUT2D eigenvalue weighted by Crippen LogP contribution is -2.25. The number of nitrogens with one attached hydrogen (secondary N) is 1. The largest absolute Gasteiger partial charge is 0.472 e. The Kier molecular flexibility index (Phi) is 7.09. The molecule has 1 aliphatic heterocycles. The van der Waals surface area contributed by atoms with Gasteiger partial charge in [-0.05, 0) is 34.4 Å². The van der Waals surface area contributed by atoms with Crippen molar-refractivity contribution < 1.29 is 27.4 Å². The summed E-state index contributed by atoms with van der Waals surface area (Å²) in [6, 6.07) is 12.0. The van der Waals surface area contributed by atoms with E-state index < -0.39 is 17.6 Å². The van der Waals surface area contributed by atoms with E-state index in [-0.39, 0.29) is 25.0 Å². The predicted octanol–water partition coefficient (Wildman–Crippen LogP) is 3.72. The van der Waals surface area contributed by atoms with Crippen LogP contribution in [0.5, 0.6) is 5.88 Å². The summed E-state index contributed by atoms with van der Waals surface area (Å²) < 4.78 is 50.3. The van der Waals surface area contributed by atoms with Gasteiger partial charge in [0.15, 0.2) is 0 Å². The van der Waals surface area contributed by atoms with Crippen LogP contribution in [0.2, 0.25) is 0 Å². The Morgan fingerprint density at radius 3 is 2.65 bits per heavy atom. The molecule has 1 aromatic heterocycles. The molecule has 0 radical (unpaired) electrons. The van der Waals surface area contributed by atoms with Crippen molar-refractivity contribution in [3.05, 3.63) is 77.2 Å². The normalized spacial score (nSPS) is 15.8. The van der Waals surface area contributed by atoms with E-state index in [1.807, 2.05) is 0 Å². The van der Waals surface area contributed by atoms with E-state index in [1.54, 1.807) is 30.3 Å². The summed E-state index contributed by atoms with van der Waals surface area (Å²) in [6.07, 6.45) is -2.33. The van der Waals surface area contributed by atoms with Gasteiger partial charge >= 0.3 is 6.18 Å². The van der Waals surface area contributed by atoms with E-state index in [1.165, 1.54) is 12.3 Å². The average molecular weight is 472 g/mol. The molecular weight excluding hydrogens is 449 g/mol. The van der Waals surface area contributed by atoms with E-state index in [0.717, 1.165) is 24.1 Å². The standard InChI is InChI=1S/C24H23F3N4O3/c25-24(26,27)18-6-5-17(12-28)20(11-18)16-3-1-15(2-4-16)13-30-23(32)22-29-9-7-21(31-22)34-19-8-10-33-14-19/h1-7,9,11,19H,8,10,12-14,28H2,(H,30,32)/t19-/m1/s1. The first-order chi connectivity index (χ1) is 16.3. The molecule has 0 bridgehead atoms. The number of benzene rings is 2. The number of nitrogens with two attached hydrogens (primary N) is 1. The maximum absolute atomic E-state index is 13.1. The highest BCUT2D eigenvalue weighted by molar-refractivity contribution is 5.90. The van der Waals surface area contributed by atoms with Gasteiger partial charge in [0, 0.05) is 31.8 Å². The van der Waals surface area contributed by atoms with Gasteiger partial charge in [-0.15, -0.1) is 0 Å². The van der Waals surface area contributed by atoms with E-state index >= 15 is 0 Å². The van der Waals surface area contributed by atoms with Gasteiger partial charge in [-0.2, -0.15) is 18.2 Å². The highest BCUT2D eigenvalue weighted by Crippen LogP contribution is 2.34. The van der Waals surface area contributed by atoms with Gasteiger partial charge in [0.1, 0.15) is 6.10 Å². The fourth-order valence-electron chi connectivity index (χ4n) is 3.56. The number of nitrogens with zero attached hydrogens (tertiary/aromatic N) is 2. The number of aromatic nitrogens is 2. The summed E-state index contributed by atoms with van der Waals surface area (Å²) in [6.45, 7) is 1.41. The molecule has 2 aromatic carbocycles. The molecule has 34 heavy (non-hydrogen) atoms. The zero-order valence-corrected chi connectivity index (χ0v) is 18.1. The number of alkyl halides is 3. The van der Waals surface area contributed by atoms with E-state index in [4.69, 9.17) is 15.2 Å². The van der Waals surface area contributed by atoms with Crippen molar-refractivity contribution in [2.24, 2.45) is 5.73 Å². The molecule has 3 aromatic rings. The third kappa shape index (κ3) is 5.70. The molecule has 10 heteroatoms. The summed E-state index contributed by atoms with van der Waals surface area (Å²) >= 11 is 0. The van der Waals surface area contributed by atoms with Gasteiger partial charge in [-0.3, -0.25) is 4.79 Å². The Morgan fingerprint density at radius 2 is 1.97 bits per heavy atom. The van der Waals surface area contributed by atoms with Gasteiger partial charge in [-0.1, -0.05) is 30.3 Å². The lowest BCUT2D eigenvalue weighted by Gasteiger charge is -2.13. The van der Waals surface area contributed by atoms with Gasteiger partial charge in [0.25, 0.3) is 5.91 Å². The number of amides is 1. The number of hydrogen-bond donors (Lipinski definition) is 2. The van der Waals surface area contributed by atoms with Crippen LogP contribution in [0.1, 0.15) is 33.7 Å². The Balaban J connectivity index is 1.41. The smallest absolute Gasteiger partial charge is 0.416 e. The number of hydrogen-bond acceptors (Lipinski definition) is 6. The maximum Gasteiger partial charge on any atom is 0.416 e. The summed E-state index contributed by atoms with van der Waals surface area (Å²) in [5, 5.41) is 2.73. The number of halogens is 3. The molecule has 1 aliphatic rings. The molecule has 7 nitrogen and oxygen atoms in total. The molecule has 0 aliphatic carbocycles. The lowest BCUT2D eigenvalue weighted by atomic mass is 9.96. The van der Waals surface area contributed by atoms with E-state index in [2.05, 4.69) is 15.3 Å². The highest BCUT2D eigenvalue weighted by atomic mass is 19.4. The first kappa shape index (κ1) is 23.7. The van der Waals surface area contributed by atoms with Gasteiger partial charge in [0.05, 0.1) is 18.8 Å². The van der Waals surface area contributed by atoms with Crippen LogP contribution in [0.3, 0.4) is 0 Å². The van der Waals surface area contributed by atoms with Gasteiger partial charge < -0.3 is 20.5 Å². The van der Waals surface area contributed by atoms with Crippen molar-refractivity contribution in [1.29, 1.82) is 0 Å². The van der Waals surface area contributed by atoms with Crippen LogP contribution in [-0.2, 0) is 24.0 Å². The summed E-state index contributed by atoms with van der Waals surface area (Å²) in [7, 11) is 0. The van der Waals surface area contributed by atoms with Crippen LogP contribution in [0.25, 0.3) is 11.1 Å². The summed E-state index contributed by atoms with van der Waals surface area (Å²) in [5.41, 5.74) is 7.37. The van der Waals surface area contributed by atoms with Crippen molar-refractivity contribution in [3.63, 3.8) is 0 Å². The monoisotopic (exact) mass is 472 g/mol. The number of ether oxygens (including phenoxy) is 2. The highest BCUT2D eigenvalue weighted by Gasteiger charge is 2.31. The number of rotatable bonds is 7. The Labute approximate surface area is 194 Å². The lowest BCUT2D eigenvalue weighted by molar-refractivity contribution is -0.137. The van der Waals surface area contributed by atoms with Crippen molar-refractivity contribution in [2.75, 3.05) is 13.2 Å². The topological polar surface area (TPSA) is 99.4 Å². The van der Waals surface area contributed by atoms with E-state index in [9.17, 15) is 18.0 Å². The molecule has 0 saturated carbocycles. The molecule has 1 fully saturated rings. The van der Waals surface area contributed by atoms with Crippen molar-refractivity contribution >= 4 is 5.91 Å². The predicted molar refractivity (Wildman–Crippen MR) is 118 cm³/mol. The van der Waals surface area contributed by atoms with Gasteiger partial charge in [0.2, 0.25) is 11.7 Å². The fraction of sp³-hybridized carbons (Fsp3) is 0.292. The van der Waals surface area contributed by atoms with Crippen LogP contribution in [0, 0.1) is 0 Å². The molecular formula is C24H23F3N4O3. The SMILES string of the molecule is NCc1ccc(C(F)(F)F)cc1-c1ccc(CNC(=O)c2nccc(O[C@@H]3CCOC3)n2)cc1. The van der Waals surface area contributed by atoms with Crippen LogP contribution in [0.15, 0.2) is 54.7 Å². The van der Waals surface area contributed by atoms with Crippen molar-refractivity contribution in [1.82, 2.24) is 15.3 Å². The minimum absolute atomic E-state index is 0.0235. The van der Waals surface area contributed by atoms with Crippen molar-refractivity contribution in [2.45, 2.75) is 31.8 Å². The Bertz CT molecular complexity index is 1150.